The number of nitrogens with zero attached hydrogens (tertiary/aromatic N) is 1. The Morgan fingerprint density at radius 2 is 2.05 bits per heavy atom. The molecule has 0 amide bonds. The fourth-order valence-corrected chi connectivity index (χ4v) is 1.47. The van der Waals surface area contributed by atoms with Crippen molar-refractivity contribution in [1.82, 2.24) is 4.98 Å². The molecule has 0 unspecified atom stereocenters. The van der Waals surface area contributed by atoms with E-state index in [2.05, 4.69) is 9.72 Å². The molecular weight excluding hydrogens is 270 g/mol. The van der Waals surface area contributed by atoms with Gasteiger partial charge in [-0.1, -0.05) is 0 Å². The number of halogens is 2. The topological polar surface area (TPSA) is 74.4 Å². The van der Waals surface area contributed by atoms with E-state index in [1.54, 1.807) is 0 Å². The fourth-order valence-electron chi connectivity index (χ4n) is 1.47. The quantitative estimate of drug-likeness (QED) is 0.874. The molecule has 1 heterocycles. The van der Waals surface area contributed by atoms with Crippen LogP contribution in [0.15, 0.2) is 30.5 Å². The maximum absolute atomic E-state index is 13.5. The number of aromatic nitrogens is 1. The number of anilines is 1. The van der Waals surface area contributed by atoms with Crippen LogP contribution in [0.1, 0.15) is 10.4 Å². The highest BCUT2D eigenvalue weighted by Crippen LogP contribution is 2.27. The van der Waals surface area contributed by atoms with E-state index in [-0.39, 0.29) is 22.9 Å². The van der Waals surface area contributed by atoms with Crippen molar-refractivity contribution in [3.8, 4) is 11.6 Å². The Balaban J connectivity index is 2.40. The van der Waals surface area contributed by atoms with Crippen LogP contribution in [0.3, 0.4) is 0 Å². The van der Waals surface area contributed by atoms with E-state index in [1.165, 1.54) is 19.4 Å². The predicted octanol–water partition coefficient (Wildman–Crippen LogP) is 2.52. The Labute approximate surface area is 112 Å². The zero-order valence-electron chi connectivity index (χ0n) is 10.4. The van der Waals surface area contributed by atoms with E-state index in [9.17, 15) is 13.6 Å². The molecule has 2 rings (SSSR count). The number of hydrogen-bond donors (Lipinski definition) is 1. The molecule has 2 N–H and O–H groups in total. The summed E-state index contributed by atoms with van der Waals surface area (Å²) in [4.78, 5) is 15.4. The standard InChI is InChI=1S/C13H10F2N2O3/c1-19-13(18)9-5-8(16)6-17-12(9)20-11-3-2-7(14)4-10(11)15/h2-6H,16H2,1H3. The summed E-state index contributed by atoms with van der Waals surface area (Å²) in [5, 5.41) is 0. The van der Waals surface area contributed by atoms with Crippen LogP contribution in [0.4, 0.5) is 14.5 Å². The molecule has 0 aliphatic heterocycles. The van der Waals surface area contributed by atoms with Crippen LogP contribution < -0.4 is 10.5 Å². The summed E-state index contributed by atoms with van der Waals surface area (Å²) in [6, 6.07) is 4.05. The molecule has 0 aliphatic carbocycles. The molecule has 5 nitrogen and oxygen atoms in total. The van der Waals surface area contributed by atoms with E-state index in [0.717, 1.165) is 12.1 Å². The summed E-state index contributed by atoms with van der Waals surface area (Å²) < 4.78 is 36.0. The SMILES string of the molecule is COC(=O)c1cc(N)cnc1Oc1ccc(F)cc1F. The van der Waals surface area contributed by atoms with E-state index in [4.69, 9.17) is 10.5 Å². The molecule has 0 aliphatic rings. The highest BCUT2D eigenvalue weighted by Gasteiger charge is 2.17. The molecule has 104 valence electrons. The minimum atomic E-state index is -0.917. The lowest BCUT2D eigenvalue weighted by molar-refractivity contribution is 0.0597. The lowest BCUT2D eigenvalue weighted by atomic mass is 10.2. The van der Waals surface area contributed by atoms with Gasteiger partial charge in [0.05, 0.1) is 19.0 Å². The molecule has 1 aromatic carbocycles. The summed E-state index contributed by atoms with van der Waals surface area (Å²) in [5.74, 6) is -2.85. The van der Waals surface area contributed by atoms with E-state index < -0.39 is 17.6 Å². The molecule has 0 atom stereocenters. The molecule has 0 bridgehead atoms. The second kappa shape index (κ2) is 5.52. The zero-order valence-corrected chi connectivity index (χ0v) is 10.4. The van der Waals surface area contributed by atoms with Gasteiger partial charge in [0.1, 0.15) is 11.4 Å². The number of pyridine rings is 1. The zero-order chi connectivity index (χ0) is 14.7. The third-order valence-corrected chi connectivity index (χ3v) is 2.38. The Hall–Kier alpha value is -2.70. The molecule has 0 fully saturated rings. The van der Waals surface area contributed by atoms with Crippen molar-refractivity contribution in [1.29, 1.82) is 0 Å². The Kier molecular flexibility index (Phi) is 3.79. The summed E-state index contributed by atoms with van der Waals surface area (Å²) in [6.07, 6.45) is 1.24. The number of nitrogens with two attached hydrogens (primary N) is 1. The van der Waals surface area contributed by atoms with Crippen LogP contribution >= 0.6 is 0 Å². The first-order valence-electron chi connectivity index (χ1n) is 5.48. The van der Waals surface area contributed by atoms with Gasteiger partial charge in [-0.15, -0.1) is 0 Å². The molecule has 0 saturated carbocycles. The second-order valence-electron chi connectivity index (χ2n) is 3.79. The predicted molar refractivity (Wildman–Crippen MR) is 66.4 cm³/mol. The van der Waals surface area contributed by atoms with Crippen molar-refractivity contribution in [2.24, 2.45) is 0 Å². The molecule has 20 heavy (non-hydrogen) atoms. The lowest BCUT2D eigenvalue weighted by Gasteiger charge is -2.10. The molecule has 0 radical (unpaired) electrons. The minimum Gasteiger partial charge on any atom is -0.465 e. The maximum atomic E-state index is 13.5. The second-order valence-corrected chi connectivity index (χ2v) is 3.79. The van der Waals surface area contributed by atoms with Gasteiger partial charge in [-0.2, -0.15) is 0 Å². The molecule has 7 heteroatoms. The highest BCUT2D eigenvalue weighted by molar-refractivity contribution is 5.92. The number of nitrogen functional groups attached to an aromatic ring is 1. The number of rotatable bonds is 3. The van der Waals surface area contributed by atoms with Crippen molar-refractivity contribution in [2.75, 3.05) is 12.8 Å². The van der Waals surface area contributed by atoms with Gasteiger partial charge in [0, 0.05) is 6.07 Å². The van der Waals surface area contributed by atoms with Gasteiger partial charge in [-0.05, 0) is 18.2 Å². The summed E-state index contributed by atoms with van der Waals surface area (Å²) in [5.41, 5.74) is 5.67. The first-order valence-corrected chi connectivity index (χ1v) is 5.48. The number of esters is 1. The summed E-state index contributed by atoms with van der Waals surface area (Å²) >= 11 is 0. The number of benzene rings is 1. The smallest absolute Gasteiger partial charge is 0.343 e. The van der Waals surface area contributed by atoms with Crippen LogP contribution in [0.2, 0.25) is 0 Å². The van der Waals surface area contributed by atoms with Crippen LogP contribution in [-0.2, 0) is 4.74 Å². The van der Waals surface area contributed by atoms with Crippen molar-refractivity contribution >= 4 is 11.7 Å². The minimum absolute atomic E-state index is 0.0591. The first-order chi connectivity index (χ1) is 9.51. The van der Waals surface area contributed by atoms with Gasteiger partial charge < -0.3 is 15.2 Å². The Morgan fingerprint density at radius 1 is 1.30 bits per heavy atom. The van der Waals surface area contributed by atoms with E-state index >= 15 is 0 Å². The first kappa shape index (κ1) is 13.7. The van der Waals surface area contributed by atoms with Gasteiger partial charge in [0.15, 0.2) is 11.6 Å². The molecular formula is C13H10F2N2O3. The van der Waals surface area contributed by atoms with Crippen LogP contribution in [0, 0.1) is 11.6 Å². The lowest BCUT2D eigenvalue weighted by Crippen LogP contribution is -2.06. The number of carbonyl (C=O) groups excluding carboxylic acids is 1. The van der Waals surface area contributed by atoms with Crippen molar-refractivity contribution in [3.63, 3.8) is 0 Å². The summed E-state index contributed by atoms with van der Waals surface area (Å²) in [7, 11) is 1.17. The highest BCUT2D eigenvalue weighted by atomic mass is 19.1. The Bertz CT molecular complexity index is 662. The number of carbonyl (C=O) groups is 1. The van der Waals surface area contributed by atoms with Gasteiger partial charge in [-0.3, -0.25) is 0 Å². The monoisotopic (exact) mass is 280 g/mol. The Morgan fingerprint density at radius 3 is 2.70 bits per heavy atom. The van der Waals surface area contributed by atoms with Crippen molar-refractivity contribution in [3.05, 3.63) is 47.7 Å². The largest absolute Gasteiger partial charge is 0.465 e. The van der Waals surface area contributed by atoms with Crippen LogP contribution in [0.25, 0.3) is 0 Å². The average molecular weight is 280 g/mol. The van der Waals surface area contributed by atoms with Gasteiger partial charge >= 0.3 is 5.97 Å². The average Bonchev–Trinajstić information content (AvgIpc) is 2.42. The number of ether oxygens (including phenoxy) is 2. The number of methoxy groups -OCH3 is 1. The van der Waals surface area contributed by atoms with Gasteiger partial charge in [0.2, 0.25) is 5.88 Å². The van der Waals surface area contributed by atoms with Crippen LogP contribution in [0.5, 0.6) is 11.6 Å². The maximum Gasteiger partial charge on any atom is 0.343 e. The van der Waals surface area contributed by atoms with Gasteiger partial charge in [-0.25, -0.2) is 18.6 Å². The normalized spacial score (nSPS) is 10.2. The third kappa shape index (κ3) is 2.82. The summed E-state index contributed by atoms with van der Waals surface area (Å²) in [6.45, 7) is 0. The number of hydrogen-bond acceptors (Lipinski definition) is 5. The van der Waals surface area contributed by atoms with E-state index in [0.29, 0.717) is 6.07 Å². The molecule has 1 aromatic heterocycles. The van der Waals surface area contributed by atoms with Crippen molar-refractivity contribution in [2.45, 2.75) is 0 Å². The van der Waals surface area contributed by atoms with Gasteiger partial charge in [0.25, 0.3) is 0 Å². The van der Waals surface area contributed by atoms with E-state index in [1.807, 2.05) is 0 Å². The molecule has 2 aromatic rings. The van der Waals surface area contributed by atoms with Crippen LogP contribution in [-0.4, -0.2) is 18.1 Å². The third-order valence-electron chi connectivity index (χ3n) is 2.38. The van der Waals surface area contributed by atoms with Crippen molar-refractivity contribution < 1.29 is 23.0 Å². The molecule has 0 spiro atoms. The molecule has 0 saturated heterocycles. The fraction of sp³-hybridized carbons (Fsp3) is 0.0769.